The van der Waals surface area contributed by atoms with E-state index in [1.54, 1.807) is 26.0 Å². The van der Waals surface area contributed by atoms with Crippen molar-refractivity contribution in [2.24, 2.45) is 22.9 Å². The number of piperazine rings is 1. The van der Waals surface area contributed by atoms with Gasteiger partial charge in [-0.1, -0.05) is 0 Å². The van der Waals surface area contributed by atoms with E-state index in [1.165, 1.54) is 55.7 Å². The molecule has 0 bridgehead atoms. The van der Waals surface area contributed by atoms with Gasteiger partial charge in [-0.25, -0.2) is 23.7 Å². The number of rotatable bonds is 11. The lowest BCUT2D eigenvalue weighted by molar-refractivity contribution is -0.119. The number of nitrogens with zero attached hydrogens (tertiary/aromatic N) is 7. The molecule has 17 nitrogen and oxygen atoms in total. The first-order valence-corrected chi connectivity index (χ1v) is 18.4. The van der Waals surface area contributed by atoms with Crippen molar-refractivity contribution in [2.75, 3.05) is 64.6 Å². The van der Waals surface area contributed by atoms with Gasteiger partial charge in [0, 0.05) is 62.8 Å². The molecular weight excluding hydrogens is 764 g/mol. The van der Waals surface area contributed by atoms with Gasteiger partial charge >= 0.3 is 0 Å². The fourth-order valence-corrected chi connectivity index (χ4v) is 5.78. The van der Waals surface area contributed by atoms with Crippen LogP contribution in [-0.2, 0) is 9.59 Å². The maximum atomic E-state index is 13.1. The first-order chi connectivity index (χ1) is 27.1. The lowest BCUT2D eigenvalue weighted by atomic mass is 10.1. The van der Waals surface area contributed by atoms with Crippen molar-refractivity contribution in [3.63, 3.8) is 0 Å². The minimum Gasteiger partial charge on any atom is -0.372 e. The normalized spacial score (nSPS) is 14.8. The summed E-state index contributed by atoms with van der Waals surface area (Å²) in [6.45, 7) is 7.93. The molecule has 304 valence electrons. The Bertz CT molecular complexity index is 2000. The molecule has 0 spiro atoms. The highest BCUT2D eigenvalue weighted by Crippen LogP contribution is 2.22. The number of halogens is 3. The van der Waals surface area contributed by atoms with E-state index < -0.39 is 35.7 Å². The van der Waals surface area contributed by atoms with Crippen LogP contribution in [0.1, 0.15) is 54.1 Å². The summed E-state index contributed by atoms with van der Waals surface area (Å²) in [5, 5.41) is 5.37. The van der Waals surface area contributed by atoms with Gasteiger partial charge in [0.05, 0.1) is 0 Å². The molecule has 2 aromatic heterocycles. The zero-order valence-corrected chi connectivity index (χ0v) is 32.3. The third-order valence-electron chi connectivity index (χ3n) is 8.80. The van der Waals surface area contributed by atoms with Crippen LogP contribution >= 0.6 is 11.6 Å². The van der Waals surface area contributed by atoms with Crippen LogP contribution < -0.4 is 48.3 Å². The Morgan fingerprint density at radius 1 is 0.596 bits per heavy atom. The summed E-state index contributed by atoms with van der Waals surface area (Å²) in [5.41, 5.74) is 22.8. The van der Waals surface area contributed by atoms with E-state index in [1.807, 2.05) is 17.0 Å². The minimum absolute atomic E-state index is 0.0424. The van der Waals surface area contributed by atoms with Crippen molar-refractivity contribution < 1.29 is 28.0 Å². The van der Waals surface area contributed by atoms with Crippen LogP contribution in [0.3, 0.4) is 0 Å². The number of benzene rings is 2. The van der Waals surface area contributed by atoms with E-state index in [0.717, 1.165) is 24.5 Å². The quantitative estimate of drug-likeness (QED) is 0.119. The highest BCUT2D eigenvalue weighted by molar-refractivity contribution is 6.28. The molecule has 0 saturated carbocycles. The van der Waals surface area contributed by atoms with E-state index in [-0.39, 0.29) is 34.1 Å². The number of nitrogens with one attached hydrogen (secondary N) is 2. The molecule has 0 radical (unpaired) electrons. The van der Waals surface area contributed by atoms with Gasteiger partial charge in [-0.05, 0) is 93.2 Å². The molecule has 2 saturated heterocycles. The van der Waals surface area contributed by atoms with Crippen LogP contribution in [0.5, 0.6) is 0 Å². The molecule has 4 aromatic rings. The standard InChI is InChI=1S/C18H22FN7O2.C11H14FN.C8H10ClN5O2/c1-11(16(20)27)22-15-10-14(17(21)28)23-18(24-15)26-8-6-25(7-9-26)13-4-2-12(19)3-5-13;12-10-4-6-11(7-5-10)13-8-2-1-3-9-13;1-3(6(10)15)12-5-2-4(7(11)16)13-8(9)14-5/h2-5,10-11H,6-9H2,1H3,(H2,20,27)(H2,21,28)(H,22,23,24);4-7H,1-3,8-9H2;2-3H,1H3,(H2,10,15)(H2,11,16)(H,12,13,14)/t11-;;3-/m0.0/s1. The predicted octanol–water partition coefficient (Wildman–Crippen LogP) is 2.66. The Morgan fingerprint density at radius 2 is 1.00 bits per heavy atom. The Kier molecular flexibility index (Phi) is 15.6. The molecule has 2 fully saturated rings. The summed E-state index contributed by atoms with van der Waals surface area (Å²) in [6, 6.07) is 14.5. The Labute approximate surface area is 333 Å². The number of carbonyl (C=O) groups excluding carboxylic acids is 4. The molecule has 2 atom stereocenters. The monoisotopic (exact) mass is 809 g/mol. The summed E-state index contributed by atoms with van der Waals surface area (Å²) in [7, 11) is 0. The smallest absolute Gasteiger partial charge is 0.267 e. The number of primary amides is 4. The molecule has 0 aliphatic carbocycles. The predicted molar refractivity (Wildman–Crippen MR) is 214 cm³/mol. The molecule has 4 amide bonds. The largest absolute Gasteiger partial charge is 0.372 e. The van der Waals surface area contributed by atoms with Gasteiger partial charge in [0.2, 0.25) is 23.0 Å². The number of carbonyl (C=O) groups is 4. The van der Waals surface area contributed by atoms with E-state index >= 15 is 0 Å². The van der Waals surface area contributed by atoms with Crippen molar-refractivity contribution in [1.82, 2.24) is 19.9 Å². The molecule has 57 heavy (non-hydrogen) atoms. The summed E-state index contributed by atoms with van der Waals surface area (Å²) in [6.07, 6.45) is 3.85. The number of hydrogen-bond donors (Lipinski definition) is 6. The minimum atomic E-state index is -0.737. The van der Waals surface area contributed by atoms with Gasteiger partial charge in [-0.3, -0.25) is 19.2 Å². The van der Waals surface area contributed by atoms with Crippen LogP contribution in [0.25, 0.3) is 0 Å². The van der Waals surface area contributed by atoms with Crippen LogP contribution in [-0.4, -0.2) is 94.9 Å². The molecule has 20 heteroatoms. The number of amides is 4. The van der Waals surface area contributed by atoms with Gasteiger partial charge in [0.15, 0.2) is 0 Å². The Morgan fingerprint density at radius 3 is 1.44 bits per heavy atom. The maximum Gasteiger partial charge on any atom is 0.267 e. The second kappa shape index (κ2) is 20.5. The molecule has 2 aliphatic heterocycles. The lowest BCUT2D eigenvalue weighted by Crippen LogP contribution is -2.47. The van der Waals surface area contributed by atoms with Crippen LogP contribution in [0.15, 0.2) is 60.7 Å². The van der Waals surface area contributed by atoms with Gasteiger partial charge in [-0.15, -0.1) is 0 Å². The number of hydrogen-bond acceptors (Lipinski definition) is 13. The van der Waals surface area contributed by atoms with E-state index in [9.17, 15) is 28.0 Å². The summed E-state index contributed by atoms with van der Waals surface area (Å²) in [5.74, 6) is -2.11. The van der Waals surface area contributed by atoms with Crippen LogP contribution in [0.4, 0.5) is 37.7 Å². The molecule has 0 unspecified atom stereocenters. The zero-order valence-electron chi connectivity index (χ0n) is 31.5. The summed E-state index contributed by atoms with van der Waals surface area (Å²) >= 11 is 5.57. The number of anilines is 5. The Hall–Kier alpha value is -6.37. The van der Waals surface area contributed by atoms with Gasteiger partial charge < -0.3 is 48.3 Å². The van der Waals surface area contributed by atoms with E-state index in [4.69, 9.17) is 34.5 Å². The number of aromatic nitrogens is 4. The number of nitrogens with two attached hydrogens (primary N) is 4. The summed E-state index contributed by atoms with van der Waals surface area (Å²) < 4.78 is 25.7. The van der Waals surface area contributed by atoms with Crippen molar-refractivity contribution in [1.29, 1.82) is 0 Å². The molecule has 2 aromatic carbocycles. The third kappa shape index (κ3) is 13.4. The average molecular weight is 810 g/mol. The molecular formula is C37H46ClF2N13O4. The first-order valence-electron chi connectivity index (χ1n) is 18.0. The van der Waals surface area contributed by atoms with E-state index in [0.29, 0.717) is 37.9 Å². The molecule has 4 heterocycles. The zero-order chi connectivity index (χ0) is 41.6. The second-order valence-corrected chi connectivity index (χ2v) is 13.4. The second-order valence-electron chi connectivity index (χ2n) is 13.1. The fourth-order valence-electron chi connectivity index (χ4n) is 5.60. The van der Waals surface area contributed by atoms with Crippen LogP contribution in [0.2, 0.25) is 5.28 Å². The molecule has 10 N–H and O–H groups in total. The number of piperidine rings is 1. The van der Waals surface area contributed by atoms with Crippen molar-refractivity contribution in [3.05, 3.63) is 89.0 Å². The highest BCUT2D eigenvalue weighted by Gasteiger charge is 2.22. The SMILES string of the molecule is C[C@H](Nc1cc(C(N)=O)nc(Cl)n1)C(N)=O.C[C@H](Nc1cc(C(N)=O)nc(N2CCN(c3ccc(F)cc3)CC2)n1)C(N)=O.Fc1ccc(N2CCCCC2)cc1. The van der Waals surface area contributed by atoms with E-state index in [2.05, 4.69) is 40.4 Å². The topological polar surface area (TPSA) is 258 Å². The molecule has 2 aliphatic rings. The third-order valence-corrected chi connectivity index (χ3v) is 8.97. The van der Waals surface area contributed by atoms with Gasteiger partial charge in [-0.2, -0.15) is 4.98 Å². The van der Waals surface area contributed by atoms with Crippen molar-refractivity contribution in [2.45, 2.75) is 45.2 Å². The first kappa shape index (κ1) is 43.4. The summed E-state index contributed by atoms with van der Waals surface area (Å²) in [4.78, 5) is 67.0. The molecule has 6 rings (SSSR count). The Balaban J connectivity index is 0.000000209. The van der Waals surface area contributed by atoms with Gasteiger partial charge in [0.25, 0.3) is 11.8 Å². The van der Waals surface area contributed by atoms with Crippen molar-refractivity contribution >= 4 is 64.2 Å². The van der Waals surface area contributed by atoms with Crippen molar-refractivity contribution in [3.8, 4) is 0 Å². The maximum absolute atomic E-state index is 13.1. The van der Waals surface area contributed by atoms with Gasteiger partial charge in [0.1, 0.15) is 46.7 Å². The fraction of sp³-hybridized carbons (Fsp3) is 0.351. The highest BCUT2D eigenvalue weighted by atomic mass is 35.5. The van der Waals surface area contributed by atoms with Crippen LogP contribution in [0, 0.1) is 11.6 Å². The average Bonchev–Trinajstić information content (AvgIpc) is 3.19. The lowest BCUT2D eigenvalue weighted by Gasteiger charge is -2.36.